The van der Waals surface area contributed by atoms with Crippen LogP contribution in [0, 0.1) is 0 Å². The summed E-state index contributed by atoms with van der Waals surface area (Å²) in [5.41, 5.74) is 2.48. The fourth-order valence-electron chi connectivity index (χ4n) is 3.90. The Morgan fingerprint density at radius 1 is 1.04 bits per heavy atom. The Labute approximate surface area is 153 Å². The van der Waals surface area contributed by atoms with Crippen molar-refractivity contribution in [3.05, 3.63) is 59.7 Å². The third kappa shape index (κ3) is 2.99. The highest BCUT2D eigenvalue weighted by Crippen LogP contribution is 2.36. The molecule has 2 aromatic rings. The van der Waals surface area contributed by atoms with Gasteiger partial charge in [-0.25, -0.2) is 0 Å². The van der Waals surface area contributed by atoms with Gasteiger partial charge < -0.3 is 9.64 Å². The van der Waals surface area contributed by atoms with E-state index in [1.807, 2.05) is 6.07 Å². The number of hydrogen-bond donors (Lipinski definition) is 0. The normalized spacial score (nSPS) is 18.3. The van der Waals surface area contributed by atoms with Gasteiger partial charge in [0.05, 0.1) is 18.4 Å². The molecule has 0 aromatic heterocycles. The van der Waals surface area contributed by atoms with Crippen molar-refractivity contribution >= 4 is 17.4 Å². The summed E-state index contributed by atoms with van der Waals surface area (Å²) in [5, 5.41) is 0. The Hall–Kier alpha value is -2.66. The van der Waals surface area contributed by atoms with Gasteiger partial charge in [-0.15, -0.1) is 0 Å². The molecule has 1 saturated heterocycles. The summed E-state index contributed by atoms with van der Waals surface area (Å²) in [6, 6.07) is 15.7. The molecule has 2 heterocycles. The van der Waals surface area contributed by atoms with Gasteiger partial charge in [0.15, 0.2) is 0 Å². The summed E-state index contributed by atoms with van der Waals surface area (Å²) in [7, 11) is 1.59. The van der Waals surface area contributed by atoms with E-state index in [2.05, 4.69) is 29.2 Å². The van der Waals surface area contributed by atoms with Crippen molar-refractivity contribution in [1.82, 2.24) is 4.90 Å². The minimum Gasteiger partial charge on any atom is -0.497 e. The third-order valence-corrected chi connectivity index (χ3v) is 5.29. The molecule has 1 fully saturated rings. The molecule has 0 spiro atoms. The Morgan fingerprint density at radius 3 is 2.46 bits per heavy atom. The first-order chi connectivity index (χ1) is 12.7. The fourth-order valence-corrected chi connectivity index (χ4v) is 3.90. The third-order valence-electron chi connectivity index (χ3n) is 5.29. The monoisotopic (exact) mass is 350 g/mol. The number of Topliss-reactive ketones (excluding diaryl/α,β-unsaturated/α-hetero) is 1. The van der Waals surface area contributed by atoms with E-state index >= 15 is 0 Å². The first-order valence-electron chi connectivity index (χ1n) is 8.99. The van der Waals surface area contributed by atoms with E-state index in [9.17, 15) is 9.59 Å². The Kier molecular flexibility index (Phi) is 4.47. The number of amides is 1. The maximum atomic E-state index is 12.6. The van der Waals surface area contributed by atoms with Gasteiger partial charge in [0.2, 0.25) is 0 Å². The van der Waals surface area contributed by atoms with Crippen molar-refractivity contribution in [1.29, 1.82) is 0 Å². The zero-order valence-electron chi connectivity index (χ0n) is 14.9. The molecular weight excluding hydrogens is 328 g/mol. The number of fused-ring (bicyclic) bond motifs is 1. The maximum absolute atomic E-state index is 12.6. The molecule has 2 aromatic carbocycles. The number of likely N-dealkylation sites (tertiary alicyclic amines) is 1. The van der Waals surface area contributed by atoms with Gasteiger partial charge in [-0.05, 0) is 30.5 Å². The summed E-state index contributed by atoms with van der Waals surface area (Å²) >= 11 is 0. The highest BCUT2D eigenvalue weighted by molar-refractivity contribution is 6.52. The molecule has 0 radical (unpaired) electrons. The van der Waals surface area contributed by atoms with Crippen molar-refractivity contribution in [2.75, 3.05) is 25.1 Å². The van der Waals surface area contributed by atoms with Crippen LogP contribution in [0.1, 0.15) is 28.8 Å². The quantitative estimate of drug-likeness (QED) is 0.796. The molecule has 2 aliphatic rings. The van der Waals surface area contributed by atoms with Gasteiger partial charge in [0.25, 0.3) is 11.7 Å². The lowest BCUT2D eigenvalue weighted by Gasteiger charge is -2.36. The minimum atomic E-state index is -0.408. The maximum Gasteiger partial charge on any atom is 0.299 e. The summed E-state index contributed by atoms with van der Waals surface area (Å²) < 4.78 is 5.27. The van der Waals surface area contributed by atoms with E-state index in [-0.39, 0.29) is 6.04 Å². The topological polar surface area (TPSA) is 49.9 Å². The number of anilines is 1. The first-order valence-corrected chi connectivity index (χ1v) is 8.99. The molecule has 1 amide bonds. The van der Waals surface area contributed by atoms with Gasteiger partial charge in [0.1, 0.15) is 5.75 Å². The van der Waals surface area contributed by atoms with E-state index in [1.165, 1.54) is 5.56 Å². The molecule has 4 rings (SSSR count). The second-order valence-corrected chi connectivity index (χ2v) is 6.88. The van der Waals surface area contributed by atoms with Crippen LogP contribution >= 0.6 is 0 Å². The standard InChI is InChI=1S/C21H22N2O3/c1-26-17-7-8-18-19(13-17)23(21(25)20(18)24)16-9-11-22(12-10-16)14-15-5-3-2-4-6-15/h2-8,13,16H,9-12,14H2,1H3. The predicted octanol–water partition coefficient (Wildman–Crippen LogP) is 2.89. The van der Waals surface area contributed by atoms with Gasteiger partial charge in [-0.3, -0.25) is 14.5 Å². The van der Waals surface area contributed by atoms with Crippen LogP contribution in [-0.2, 0) is 11.3 Å². The van der Waals surface area contributed by atoms with Crippen LogP contribution < -0.4 is 9.64 Å². The average molecular weight is 350 g/mol. The Balaban J connectivity index is 1.48. The largest absolute Gasteiger partial charge is 0.497 e. The molecule has 0 N–H and O–H groups in total. The molecule has 0 saturated carbocycles. The van der Waals surface area contributed by atoms with E-state index < -0.39 is 11.7 Å². The predicted molar refractivity (Wildman–Crippen MR) is 99.6 cm³/mol. The summed E-state index contributed by atoms with van der Waals surface area (Å²) in [6.07, 6.45) is 1.73. The molecule has 5 heteroatoms. The smallest absolute Gasteiger partial charge is 0.299 e. The first kappa shape index (κ1) is 16.8. The number of rotatable bonds is 4. The van der Waals surface area contributed by atoms with E-state index in [4.69, 9.17) is 4.74 Å². The zero-order chi connectivity index (χ0) is 18.1. The SMILES string of the molecule is COc1ccc2c(c1)N(C1CCN(Cc3ccccc3)CC1)C(=O)C2=O. The number of hydrogen-bond acceptors (Lipinski definition) is 4. The number of carbonyl (C=O) groups excluding carboxylic acids is 2. The molecule has 0 unspecified atom stereocenters. The second kappa shape index (κ2) is 6.92. The van der Waals surface area contributed by atoms with Crippen LogP contribution in [0.4, 0.5) is 5.69 Å². The summed E-state index contributed by atoms with van der Waals surface area (Å²) in [4.78, 5) is 29.0. The summed E-state index contributed by atoms with van der Waals surface area (Å²) in [5.74, 6) is -0.151. The van der Waals surface area contributed by atoms with Crippen LogP contribution in [0.15, 0.2) is 48.5 Å². The number of methoxy groups -OCH3 is 1. The van der Waals surface area contributed by atoms with Crippen LogP contribution in [0.3, 0.4) is 0 Å². The van der Waals surface area contributed by atoms with Gasteiger partial charge in [0, 0.05) is 31.7 Å². The van der Waals surface area contributed by atoms with Gasteiger partial charge in [-0.2, -0.15) is 0 Å². The number of benzene rings is 2. The zero-order valence-corrected chi connectivity index (χ0v) is 14.9. The van der Waals surface area contributed by atoms with E-state index in [1.54, 1.807) is 30.2 Å². The van der Waals surface area contributed by atoms with E-state index in [0.717, 1.165) is 32.5 Å². The molecule has 5 nitrogen and oxygen atoms in total. The average Bonchev–Trinajstić information content (AvgIpc) is 2.93. The van der Waals surface area contributed by atoms with Crippen molar-refractivity contribution in [2.24, 2.45) is 0 Å². The van der Waals surface area contributed by atoms with Crippen molar-refractivity contribution in [3.8, 4) is 5.75 Å². The molecule has 134 valence electrons. The molecule has 0 aliphatic carbocycles. The highest BCUT2D eigenvalue weighted by Gasteiger charge is 2.40. The van der Waals surface area contributed by atoms with Gasteiger partial charge >= 0.3 is 0 Å². The molecule has 0 atom stereocenters. The number of piperidine rings is 1. The lowest BCUT2D eigenvalue weighted by molar-refractivity contribution is -0.114. The lowest BCUT2D eigenvalue weighted by atomic mass is 10.0. The number of nitrogens with zero attached hydrogens (tertiary/aromatic N) is 2. The van der Waals surface area contributed by atoms with Gasteiger partial charge in [-0.1, -0.05) is 30.3 Å². The molecule has 0 bridgehead atoms. The van der Waals surface area contributed by atoms with Crippen LogP contribution in [-0.4, -0.2) is 42.8 Å². The van der Waals surface area contributed by atoms with Crippen LogP contribution in [0.5, 0.6) is 5.75 Å². The second-order valence-electron chi connectivity index (χ2n) is 6.88. The van der Waals surface area contributed by atoms with Crippen LogP contribution in [0.2, 0.25) is 0 Å². The van der Waals surface area contributed by atoms with Crippen molar-refractivity contribution in [3.63, 3.8) is 0 Å². The van der Waals surface area contributed by atoms with Crippen LogP contribution in [0.25, 0.3) is 0 Å². The van der Waals surface area contributed by atoms with E-state index in [0.29, 0.717) is 17.0 Å². The molecule has 26 heavy (non-hydrogen) atoms. The number of carbonyl (C=O) groups is 2. The number of ketones is 1. The fraction of sp³-hybridized carbons (Fsp3) is 0.333. The lowest BCUT2D eigenvalue weighted by Crippen LogP contribution is -2.46. The molecular formula is C21H22N2O3. The Bertz CT molecular complexity index is 826. The Morgan fingerprint density at radius 2 is 1.77 bits per heavy atom. The number of ether oxygens (including phenoxy) is 1. The van der Waals surface area contributed by atoms with Crippen molar-refractivity contribution in [2.45, 2.75) is 25.4 Å². The minimum absolute atomic E-state index is 0.0619. The summed E-state index contributed by atoms with van der Waals surface area (Å²) in [6.45, 7) is 2.75. The highest BCUT2D eigenvalue weighted by atomic mass is 16.5. The van der Waals surface area contributed by atoms with Crippen molar-refractivity contribution < 1.29 is 14.3 Å². The molecule has 2 aliphatic heterocycles.